The highest BCUT2D eigenvalue weighted by Gasteiger charge is 1.97. The molecule has 17 heavy (non-hydrogen) atoms. The Morgan fingerprint density at radius 3 is 2.71 bits per heavy atom. The van der Waals surface area contributed by atoms with Crippen molar-refractivity contribution in [2.24, 2.45) is 0 Å². The van der Waals surface area contributed by atoms with Crippen molar-refractivity contribution in [3.8, 4) is 11.8 Å². The number of carbonyl (C=O) groups is 2. The molecule has 86 valence electrons. The first-order valence-electron chi connectivity index (χ1n) is 4.73. The Labute approximate surface area is 98.5 Å². The molecule has 0 unspecified atom stereocenters. The van der Waals surface area contributed by atoms with Gasteiger partial charge in [-0.05, 0) is 17.7 Å². The molecule has 0 atom stereocenters. The number of carbonyl (C=O) groups excluding carboxylic acids is 1. The number of esters is 1. The predicted molar refractivity (Wildman–Crippen MR) is 62.0 cm³/mol. The maximum Gasteiger partial charge on any atom is 0.384 e. The van der Waals surface area contributed by atoms with Gasteiger partial charge in [-0.2, -0.15) is 0 Å². The highest BCUT2D eigenvalue weighted by atomic mass is 16.5. The highest BCUT2D eigenvalue weighted by molar-refractivity contribution is 5.90. The summed E-state index contributed by atoms with van der Waals surface area (Å²) in [6, 6.07) is 6.91. The standard InChI is InChI=1S/C13H10O4/c1-17-13(16)9-7-11-5-3-2-4-10(11)6-8-12(14)15/h2-6,8H,1H3,(H,14,15)/b8-6+. The minimum absolute atomic E-state index is 0.565. The molecule has 0 amide bonds. The van der Waals surface area contributed by atoms with Crippen LogP contribution in [-0.4, -0.2) is 24.2 Å². The lowest BCUT2D eigenvalue weighted by molar-refractivity contribution is -0.134. The molecule has 0 spiro atoms. The Bertz CT molecular complexity index is 518. The zero-order chi connectivity index (χ0) is 12.7. The molecule has 1 aromatic carbocycles. The van der Waals surface area contributed by atoms with Crippen molar-refractivity contribution in [2.45, 2.75) is 0 Å². The quantitative estimate of drug-likeness (QED) is 0.472. The number of benzene rings is 1. The summed E-state index contributed by atoms with van der Waals surface area (Å²) in [6.45, 7) is 0. The van der Waals surface area contributed by atoms with E-state index in [-0.39, 0.29) is 0 Å². The fraction of sp³-hybridized carbons (Fsp3) is 0.0769. The molecular weight excluding hydrogens is 220 g/mol. The van der Waals surface area contributed by atoms with Gasteiger partial charge in [0.2, 0.25) is 0 Å². The van der Waals surface area contributed by atoms with Gasteiger partial charge in [-0.3, -0.25) is 0 Å². The van der Waals surface area contributed by atoms with E-state index < -0.39 is 11.9 Å². The minimum atomic E-state index is -1.04. The molecule has 4 nitrogen and oxygen atoms in total. The fourth-order valence-electron chi connectivity index (χ4n) is 1.09. The van der Waals surface area contributed by atoms with E-state index in [4.69, 9.17) is 5.11 Å². The normalized spacial score (nSPS) is 9.47. The van der Waals surface area contributed by atoms with E-state index in [2.05, 4.69) is 16.6 Å². The molecule has 1 rings (SSSR count). The van der Waals surface area contributed by atoms with Crippen LogP contribution < -0.4 is 0 Å². The second-order valence-corrected chi connectivity index (χ2v) is 3.00. The van der Waals surface area contributed by atoms with Crippen molar-refractivity contribution in [3.63, 3.8) is 0 Å². The van der Waals surface area contributed by atoms with Crippen LogP contribution in [0.3, 0.4) is 0 Å². The van der Waals surface area contributed by atoms with Crippen LogP contribution in [0.2, 0.25) is 0 Å². The van der Waals surface area contributed by atoms with E-state index in [0.29, 0.717) is 11.1 Å². The summed E-state index contributed by atoms with van der Waals surface area (Å²) in [6.07, 6.45) is 2.43. The highest BCUT2D eigenvalue weighted by Crippen LogP contribution is 2.09. The Balaban J connectivity index is 3.02. The Morgan fingerprint density at radius 1 is 1.35 bits per heavy atom. The third kappa shape index (κ3) is 4.22. The molecule has 0 aromatic heterocycles. The van der Waals surface area contributed by atoms with Gasteiger partial charge in [-0.1, -0.05) is 24.1 Å². The average molecular weight is 230 g/mol. The largest absolute Gasteiger partial charge is 0.478 e. The van der Waals surface area contributed by atoms with Crippen molar-refractivity contribution in [1.29, 1.82) is 0 Å². The van der Waals surface area contributed by atoms with Gasteiger partial charge in [-0.25, -0.2) is 9.59 Å². The number of hydrogen-bond donors (Lipinski definition) is 1. The molecule has 1 N–H and O–H groups in total. The molecule has 0 radical (unpaired) electrons. The van der Waals surface area contributed by atoms with Gasteiger partial charge in [-0.15, -0.1) is 0 Å². The summed E-state index contributed by atoms with van der Waals surface area (Å²) in [5.41, 5.74) is 1.20. The Kier molecular flexibility index (Phi) is 4.52. The first-order valence-corrected chi connectivity index (χ1v) is 4.73. The lowest BCUT2D eigenvalue weighted by Gasteiger charge is -1.96. The topological polar surface area (TPSA) is 63.6 Å². The fourth-order valence-corrected chi connectivity index (χ4v) is 1.09. The molecule has 1 aromatic rings. The van der Waals surface area contributed by atoms with Crippen molar-refractivity contribution in [3.05, 3.63) is 41.5 Å². The van der Waals surface area contributed by atoms with E-state index >= 15 is 0 Å². The molecule has 0 heterocycles. The van der Waals surface area contributed by atoms with Gasteiger partial charge in [0.25, 0.3) is 0 Å². The molecule has 4 heteroatoms. The first-order chi connectivity index (χ1) is 8.13. The predicted octanol–water partition coefficient (Wildman–Crippen LogP) is 1.31. The summed E-state index contributed by atoms with van der Waals surface area (Å²) < 4.78 is 4.39. The molecule has 0 saturated carbocycles. The SMILES string of the molecule is COC(=O)C#Cc1ccccc1/C=C/C(=O)O. The van der Waals surface area contributed by atoms with Crippen LogP contribution in [0.4, 0.5) is 0 Å². The molecular formula is C13H10O4. The number of carboxylic acid groups (broad SMARTS) is 1. The van der Waals surface area contributed by atoms with Gasteiger partial charge in [0.15, 0.2) is 0 Å². The summed E-state index contributed by atoms with van der Waals surface area (Å²) in [5.74, 6) is 3.23. The third-order valence-corrected chi connectivity index (χ3v) is 1.85. The van der Waals surface area contributed by atoms with Crippen molar-refractivity contribution in [1.82, 2.24) is 0 Å². The van der Waals surface area contributed by atoms with Crippen LogP contribution in [-0.2, 0) is 14.3 Å². The zero-order valence-electron chi connectivity index (χ0n) is 9.14. The van der Waals surface area contributed by atoms with Crippen LogP contribution in [0.1, 0.15) is 11.1 Å². The summed E-state index contributed by atoms with van der Waals surface area (Å²) in [4.78, 5) is 21.3. The van der Waals surface area contributed by atoms with Gasteiger partial charge in [0.1, 0.15) is 0 Å². The number of hydrogen-bond acceptors (Lipinski definition) is 3. The second kappa shape index (κ2) is 6.13. The van der Waals surface area contributed by atoms with E-state index in [1.807, 2.05) is 0 Å². The number of ether oxygens (including phenoxy) is 1. The lowest BCUT2D eigenvalue weighted by Crippen LogP contribution is -1.95. The van der Waals surface area contributed by atoms with Crippen LogP contribution in [0.5, 0.6) is 0 Å². The molecule has 0 saturated heterocycles. The van der Waals surface area contributed by atoms with Gasteiger partial charge >= 0.3 is 11.9 Å². The van der Waals surface area contributed by atoms with Gasteiger partial charge < -0.3 is 9.84 Å². The van der Waals surface area contributed by atoms with Crippen molar-refractivity contribution < 1.29 is 19.4 Å². The number of carboxylic acids is 1. The van der Waals surface area contributed by atoms with E-state index in [1.165, 1.54) is 13.2 Å². The Hall–Kier alpha value is -2.54. The van der Waals surface area contributed by atoms with Crippen LogP contribution >= 0.6 is 0 Å². The monoisotopic (exact) mass is 230 g/mol. The van der Waals surface area contributed by atoms with Crippen LogP contribution in [0, 0.1) is 11.8 Å². The first kappa shape index (κ1) is 12.5. The van der Waals surface area contributed by atoms with Crippen molar-refractivity contribution >= 4 is 18.0 Å². The Morgan fingerprint density at radius 2 is 2.06 bits per heavy atom. The second-order valence-electron chi connectivity index (χ2n) is 3.00. The van der Waals surface area contributed by atoms with Crippen LogP contribution in [0.25, 0.3) is 6.08 Å². The van der Waals surface area contributed by atoms with Crippen molar-refractivity contribution in [2.75, 3.05) is 7.11 Å². The smallest absolute Gasteiger partial charge is 0.384 e. The molecule has 0 aliphatic heterocycles. The zero-order valence-corrected chi connectivity index (χ0v) is 9.14. The molecule has 0 aliphatic carbocycles. The average Bonchev–Trinajstić information content (AvgIpc) is 2.34. The molecule has 0 fully saturated rings. The summed E-state index contributed by atoms with van der Waals surface area (Å²) in [7, 11) is 1.24. The maximum atomic E-state index is 10.9. The van der Waals surface area contributed by atoms with Gasteiger partial charge in [0.05, 0.1) is 7.11 Å². The number of methoxy groups -OCH3 is 1. The van der Waals surface area contributed by atoms with Crippen LogP contribution in [0.15, 0.2) is 30.3 Å². The van der Waals surface area contributed by atoms with Gasteiger partial charge in [0, 0.05) is 17.6 Å². The lowest BCUT2D eigenvalue weighted by atomic mass is 10.1. The molecule has 0 bridgehead atoms. The summed E-state index contributed by atoms with van der Waals surface area (Å²) in [5, 5.41) is 8.52. The number of rotatable bonds is 2. The number of aliphatic carboxylic acids is 1. The molecule has 0 aliphatic rings. The third-order valence-electron chi connectivity index (χ3n) is 1.85. The minimum Gasteiger partial charge on any atom is -0.478 e. The van der Waals surface area contributed by atoms with E-state index in [1.54, 1.807) is 24.3 Å². The van der Waals surface area contributed by atoms with E-state index in [9.17, 15) is 9.59 Å². The van der Waals surface area contributed by atoms with E-state index in [0.717, 1.165) is 6.08 Å². The summed E-state index contributed by atoms with van der Waals surface area (Å²) >= 11 is 0. The maximum absolute atomic E-state index is 10.9.